The first kappa shape index (κ1) is 27.8. The zero-order valence-corrected chi connectivity index (χ0v) is 23.3. The fourth-order valence-corrected chi connectivity index (χ4v) is 4.67. The second-order valence-electron chi connectivity index (χ2n) is 9.04. The van der Waals surface area contributed by atoms with Gasteiger partial charge in [-0.15, -0.1) is 0 Å². The maximum atomic E-state index is 10.0. The van der Waals surface area contributed by atoms with Gasteiger partial charge in [0.15, 0.2) is 5.82 Å². The van der Waals surface area contributed by atoms with Crippen molar-refractivity contribution in [3.8, 4) is 17.1 Å². The van der Waals surface area contributed by atoms with Crippen LogP contribution in [0.5, 0.6) is 5.75 Å². The molecule has 0 radical (unpaired) electrons. The zero-order chi connectivity index (χ0) is 27.4. The van der Waals surface area contributed by atoms with E-state index in [9.17, 15) is 5.11 Å². The van der Waals surface area contributed by atoms with Crippen molar-refractivity contribution in [1.82, 2.24) is 25.6 Å². The lowest BCUT2D eigenvalue weighted by Crippen LogP contribution is -2.29. The Balaban J connectivity index is 1.83. The summed E-state index contributed by atoms with van der Waals surface area (Å²) in [6.07, 6.45) is 1.14. The van der Waals surface area contributed by atoms with Crippen LogP contribution in [0.1, 0.15) is 29.4 Å². The average molecular weight is 556 g/mol. The van der Waals surface area contributed by atoms with Crippen LogP contribution in [0, 0.1) is 12.3 Å². The van der Waals surface area contributed by atoms with Crippen LogP contribution in [0.3, 0.4) is 0 Å². The van der Waals surface area contributed by atoms with Crippen LogP contribution in [-0.2, 0) is 13.1 Å². The molecule has 1 aromatic carbocycles. The first-order valence-corrected chi connectivity index (χ1v) is 12.9. The molecule has 0 bridgehead atoms. The Morgan fingerprint density at radius 2 is 2.03 bits per heavy atom. The Morgan fingerprint density at radius 3 is 2.71 bits per heavy atom. The molecule has 1 aliphatic heterocycles. The Labute approximate surface area is 232 Å². The van der Waals surface area contributed by atoms with Gasteiger partial charge >= 0.3 is 0 Å². The number of pyridine rings is 1. The fourth-order valence-electron chi connectivity index (χ4n) is 4.37. The molecule has 200 valence electrons. The van der Waals surface area contributed by atoms with E-state index in [1.165, 1.54) is 0 Å². The molecule has 1 aliphatic rings. The lowest BCUT2D eigenvalue weighted by Gasteiger charge is -2.23. The maximum absolute atomic E-state index is 10.0. The number of aliphatic hydroxyl groups excluding tert-OH is 1. The predicted molar refractivity (Wildman–Crippen MR) is 152 cm³/mol. The van der Waals surface area contributed by atoms with E-state index in [4.69, 9.17) is 43.3 Å². The van der Waals surface area contributed by atoms with Crippen LogP contribution in [0.15, 0.2) is 42.1 Å². The number of likely N-dealkylation sites (N-methyl/N-ethyl adjacent to an activating group) is 1. The first-order chi connectivity index (χ1) is 18.2. The van der Waals surface area contributed by atoms with E-state index in [1.807, 2.05) is 13.0 Å². The van der Waals surface area contributed by atoms with Crippen LogP contribution in [0.25, 0.3) is 17.1 Å². The number of halogens is 2. The van der Waals surface area contributed by atoms with E-state index >= 15 is 0 Å². The van der Waals surface area contributed by atoms with Gasteiger partial charge < -0.3 is 25.4 Å². The minimum Gasteiger partial charge on any atom is -0.491 e. The van der Waals surface area contributed by atoms with Gasteiger partial charge in [-0.3, -0.25) is 10.4 Å². The molecule has 4 N–H and O–H groups in total. The molecule has 0 aliphatic carbocycles. The number of fused-ring (bicyclic) bond motifs is 1. The summed E-state index contributed by atoms with van der Waals surface area (Å²) in [6.45, 7) is 5.53. The normalized spacial score (nSPS) is 14.1. The summed E-state index contributed by atoms with van der Waals surface area (Å²) < 4.78 is 5.81. The minimum atomic E-state index is -0.657. The molecule has 4 rings (SSSR count). The standard InChI is InChI=1S/C27H31Cl2N7O2/c1-15(25(29)30)23(32-4)24-16(2)27(36-12-17-6-5-9-33-22(17)13-36)35-26(34-24)20-10-19(7-8-21(20)28)38-14-18(37)11-31-3/h5-10,18,30-32,37H,11-14H2,1-4H3/b23-15-,30-25?/t18-/m1/s1. The van der Waals surface area contributed by atoms with Gasteiger partial charge in [0.1, 0.15) is 29.4 Å². The molecule has 3 heterocycles. The number of benzene rings is 1. The third kappa shape index (κ3) is 5.91. The van der Waals surface area contributed by atoms with Crippen LogP contribution in [0.4, 0.5) is 5.82 Å². The van der Waals surface area contributed by atoms with Gasteiger partial charge in [0.05, 0.1) is 28.7 Å². The summed E-state index contributed by atoms with van der Waals surface area (Å²) in [7, 11) is 3.54. The second kappa shape index (κ2) is 12.1. The maximum Gasteiger partial charge on any atom is 0.163 e. The zero-order valence-electron chi connectivity index (χ0n) is 21.8. The van der Waals surface area contributed by atoms with Crippen molar-refractivity contribution in [3.05, 3.63) is 69.6 Å². The van der Waals surface area contributed by atoms with E-state index in [1.54, 1.807) is 45.4 Å². The summed E-state index contributed by atoms with van der Waals surface area (Å²) in [5.74, 6) is 1.67. The highest BCUT2D eigenvalue weighted by molar-refractivity contribution is 6.69. The Kier molecular flexibility index (Phi) is 8.83. The van der Waals surface area contributed by atoms with Crippen LogP contribution in [-0.4, -0.2) is 58.6 Å². The van der Waals surface area contributed by atoms with Crippen molar-refractivity contribution in [1.29, 1.82) is 5.41 Å². The number of nitrogens with zero attached hydrogens (tertiary/aromatic N) is 4. The Hall–Kier alpha value is -3.24. The highest BCUT2D eigenvalue weighted by Gasteiger charge is 2.26. The number of allylic oxidation sites excluding steroid dienone is 1. The highest BCUT2D eigenvalue weighted by Crippen LogP contribution is 2.36. The third-order valence-electron chi connectivity index (χ3n) is 6.36. The van der Waals surface area contributed by atoms with Gasteiger partial charge in [0, 0.05) is 43.0 Å². The lowest BCUT2D eigenvalue weighted by atomic mass is 10.1. The quantitative estimate of drug-likeness (QED) is 0.275. The molecule has 1 atom stereocenters. The molecule has 2 aromatic heterocycles. The van der Waals surface area contributed by atoms with Crippen LogP contribution < -0.4 is 20.3 Å². The van der Waals surface area contributed by atoms with Crippen molar-refractivity contribution in [3.63, 3.8) is 0 Å². The van der Waals surface area contributed by atoms with Crippen molar-refractivity contribution in [2.45, 2.75) is 33.0 Å². The number of aromatic nitrogens is 3. The minimum absolute atomic E-state index is 0.0817. The molecule has 0 saturated carbocycles. The summed E-state index contributed by atoms with van der Waals surface area (Å²) in [5.41, 5.74) is 5.36. The van der Waals surface area contributed by atoms with Crippen molar-refractivity contribution in [2.75, 3.05) is 32.1 Å². The van der Waals surface area contributed by atoms with Gasteiger partial charge in [-0.05, 0) is 50.7 Å². The number of nitrogens with one attached hydrogen (secondary N) is 3. The van der Waals surface area contributed by atoms with Gasteiger partial charge in [0.2, 0.25) is 0 Å². The van der Waals surface area contributed by atoms with Gasteiger partial charge in [0.25, 0.3) is 0 Å². The van der Waals surface area contributed by atoms with Crippen molar-refractivity contribution >= 4 is 39.9 Å². The summed E-state index contributed by atoms with van der Waals surface area (Å²) >= 11 is 12.7. The molecule has 0 saturated heterocycles. The number of ether oxygens (including phenoxy) is 1. The predicted octanol–water partition coefficient (Wildman–Crippen LogP) is 4.15. The van der Waals surface area contributed by atoms with E-state index in [2.05, 4.69) is 26.6 Å². The molecule has 0 fully saturated rings. The summed E-state index contributed by atoms with van der Waals surface area (Å²) in [4.78, 5) is 16.5. The number of hydrogen-bond acceptors (Lipinski definition) is 9. The fraction of sp³-hybridized carbons (Fsp3) is 0.333. The van der Waals surface area contributed by atoms with E-state index in [0.29, 0.717) is 58.8 Å². The number of rotatable bonds is 10. The summed E-state index contributed by atoms with van der Waals surface area (Å²) in [5, 5.41) is 24.5. The van der Waals surface area contributed by atoms with Crippen molar-refractivity contribution in [2.24, 2.45) is 0 Å². The number of aliphatic hydroxyl groups is 1. The van der Waals surface area contributed by atoms with Crippen molar-refractivity contribution < 1.29 is 9.84 Å². The molecule has 0 unspecified atom stereocenters. The molecule has 9 nitrogen and oxygen atoms in total. The first-order valence-electron chi connectivity index (χ1n) is 12.2. The SMILES string of the molecule is CNC[C@@H](O)COc1ccc(Cl)c(-c2nc(/C(NC)=C(\C)C(=N)Cl)c(C)c(N3Cc4cccnc4C3)n2)c1. The van der Waals surface area contributed by atoms with Gasteiger partial charge in [-0.1, -0.05) is 29.3 Å². The monoisotopic (exact) mass is 555 g/mol. The largest absolute Gasteiger partial charge is 0.491 e. The van der Waals surface area contributed by atoms with Crippen LogP contribution >= 0.6 is 23.2 Å². The van der Waals surface area contributed by atoms with E-state index < -0.39 is 6.10 Å². The molecule has 0 amide bonds. The van der Waals surface area contributed by atoms with Gasteiger partial charge in [-0.2, -0.15) is 0 Å². The lowest BCUT2D eigenvalue weighted by molar-refractivity contribution is 0.108. The molecule has 3 aromatic rings. The van der Waals surface area contributed by atoms with Crippen LogP contribution in [0.2, 0.25) is 5.02 Å². The molecule has 38 heavy (non-hydrogen) atoms. The number of anilines is 1. The summed E-state index contributed by atoms with van der Waals surface area (Å²) in [6, 6.07) is 9.24. The second-order valence-corrected chi connectivity index (χ2v) is 9.82. The number of hydrogen-bond donors (Lipinski definition) is 4. The topological polar surface area (TPSA) is 119 Å². The molecule has 11 heteroatoms. The molecular formula is C27H31Cl2N7O2. The smallest absolute Gasteiger partial charge is 0.163 e. The Morgan fingerprint density at radius 1 is 1.24 bits per heavy atom. The highest BCUT2D eigenvalue weighted by atomic mass is 35.5. The van der Waals surface area contributed by atoms with E-state index in [-0.39, 0.29) is 11.8 Å². The average Bonchev–Trinajstić information content (AvgIpc) is 3.33. The van der Waals surface area contributed by atoms with Gasteiger partial charge in [-0.25, -0.2) is 9.97 Å². The molecule has 0 spiro atoms. The third-order valence-corrected chi connectivity index (χ3v) is 6.97. The van der Waals surface area contributed by atoms with E-state index in [0.717, 1.165) is 22.6 Å². The molecular weight excluding hydrogens is 525 g/mol. The Bertz CT molecular complexity index is 1350.